The molecule has 0 spiro atoms. The standard InChI is InChI=1S/C17H17BrN2O3/c1-3-11(2)12-4-6-14(7-5-12)19-10-13-8-15(20(22)23)9-16(18)17(13)21/h4-11,21H,3H2,1-2H3/t11-/m0/s1. The molecule has 6 heteroatoms. The highest BCUT2D eigenvalue weighted by atomic mass is 79.9. The average molecular weight is 377 g/mol. The van der Waals surface area contributed by atoms with Gasteiger partial charge in [0.1, 0.15) is 5.75 Å². The second-order valence-electron chi connectivity index (χ2n) is 5.28. The molecular formula is C17H17BrN2O3. The number of hydrogen-bond acceptors (Lipinski definition) is 4. The number of nitrogens with zero attached hydrogens (tertiary/aromatic N) is 2. The molecule has 0 saturated heterocycles. The van der Waals surface area contributed by atoms with Gasteiger partial charge in [-0.15, -0.1) is 0 Å². The molecule has 5 nitrogen and oxygen atoms in total. The van der Waals surface area contributed by atoms with E-state index in [1.807, 2.05) is 24.3 Å². The first-order valence-electron chi connectivity index (χ1n) is 7.23. The highest BCUT2D eigenvalue weighted by molar-refractivity contribution is 9.10. The van der Waals surface area contributed by atoms with E-state index in [2.05, 4.69) is 34.8 Å². The Morgan fingerprint density at radius 3 is 2.57 bits per heavy atom. The van der Waals surface area contributed by atoms with Gasteiger partial charge in [0.05, 0.1) is 15.1 Å². The van der Waals surface area contributed by atoms with Crippen molar-refractivity contribution in [3.8, 4) is 5.75 Å². The van der Waals surface area contributed by atoms with Crippen molar-refractivity contribution in [2.24, 2.45) is 4.99 Å². The zero-order valence-corrected chi connectivity index (χ0v) is 14.4. The first-order valence-corrected chi connectivity index (χ1v) is 8.02. The SMILES string of the molecule is CC[C@H](C)c1ccc(N=Cc2cc([N+](=O)[O-])cc(Br)c2O)cc1. The molecule has 0 aliphatic rings. The summed E-state index contributed by atoms with van der Waals surface area (Å²) in [6.07, 6.45) is 2.49. The lowest BCUT2D eigenvalue weighted by atomic mass is 9.99. The van der Waals surface area contributed by atoms with Crippen molar-refractivity contribution < 1.29 is 10.0 Å². The lowest BCUT2D eigenvalue weighted by Crippen LogP contribution is -1.92. The van der Waals surface area contributed by atoms with E-state index in [-0.39, 0.29) is 21.5 Å². The third kappa shape index (κ3) is 4.16. The van der Waals surface area contributed by atoms with E-state index in [1.165, 1.54) is 23.9 Å². The first kappa shape index (κ1) is 17.1. The number of phenols is 1. The van der Waals surface area contributed by atoms with E-state index in [4.69, 9.17) is 0 Å². The second kappa shape index (κ2) is 7.37. The molecule has 0 bridgehead atoms. The highest BCUT2D eigenvalue weighted by Crippen LogP contribution is 2.32. The number of benzene rings is 2. The second-order valence-corrected chi connectivity index (χ2v) is 6.14. The molecule has 0 aliphatic heterocycles. The van der Waals surface area contributed by atoms with Crippen LogP contribution in [0.3, 0.4) is 0 Å². The molecule has 1 N–H and O–H groups in total. The number of phenolic OH excluding ortho intramolecular Hbond substituents is 1. The van der Waals surface area contributed by atoms with Gasteiger partial charge in [-0.1, -0.05) is 26.0 Å². The maximum Gasteiger partial charge on any atom is 0.271 e. The van der Waals surface area contributed by atoms with E-state index in [0.29, 0.717) is 5.92 Å². The fraction of sp³-hybridized carbons (Fsp3) is 0.235. The molecule has 23 heavy (non-hydrogen) atoms. The van der Waals surface area contributed by atoms with Crippen LogP contribution >= 0.6 is 15.9 Å². The minimum Gasteiger partial charge on any atom is -0.506 e. The zero-order chi connectivity index (χ0) is 17.0. The van der Waals surface area contributed by atoms with Gasteiger partial charge in [0.25, 0.3) is 5.69 Å². The number of rotatable bonds is 5. The fourth-order valence-corrected chi connectivity index (χ4v) is 2.54. The van der Waals surface area contributed by atoms with Gasteiger partial charge in [0.2, 0.25) is 0 Å². The number of aromatic hydroxyl groups is 1. The van der Waals surface area contributed by atoms with Gasteiger partial charge >= 0.3 is 0 Å². The van der Waals surface area contributed by atoms with Crippen LogP contribution in [0.5, 0.6) is 5.75 Å². The summed E-state index contributed by atoms with van der Waals surface area (Å²) >= 11 is 3.11. The minimum atomic E-state index is -0.511. The molecular weight excluding hydrogens is 360 g/mol. The summed E-state index contributed by atoms with van der Waals surface area (Å²) in [7, 11) is 0. The number of nitro groups is 1. The van der Waals surface area contributed by atoms with E-state index < -0.39 is 4.92 Å². The Hall–Kier alpha value is -2.21. The molecule has 120 valence electrons. The quantitative estimate of drug-likeness (QED) is 0.435. The van der Waals surface area contributed by atoms with Gasteiger partial charge in [-0.05, 0) is 46.0 Å². The Bertz CT molecular complexity index is 742. The number of nitro benzene ring substituents is 1. The molecule has 0 radical (unpaired) electrons. The molecule has 2 aromatic rings. The lowest BCUT2D eigenvalue weighted by Gasteiger charge is -2.08. The van der Waals surface area contributed by atoms with Crippen LogP contribution in [0, 0.1) is 10.1 Å². The van der Waals surface area contributed by atoms with Gasteiger partial charge in [-0.2, -0.15) is 0 Å². The Morgan fingerprint density at radius 2 is 2.00 bits per heavy atom. The summed E-state index contributed by atoms with van der Waals surface area (Å²) in [6.45, 7) is 4.30. The van der Waals surface area contributed by atoms with Crippen molar-refractivity contribution in [2.45, 2.75) is 26.2 Å². The number of aliphatic imine (C=N–C) groups is 1. The molecule has 0 fully saturated rings. The van der Waals surface area contributed by atoms with Crippen molar-refractivity contribution in [3.05, 3.63) is 62.1 Å². The van der Waals surface area contributed by atoms with Crippen LogP contribution in [0.25, 0.3) is 0 Å². The molecule has 2 rings (SSSR count). The number of non-ortho nitro benzene ring substituents is 1. The van der Waals surface area contributed by atoms with Crippen molar-refractivity contribution in [1.82, 2.24) is 0 Å². The van der Waals surface area contributed by atoms with E-state index in [0.717, 1.165) is 12.1 Å². The average Bonchev–Trinajstić information content (AvgIpc) is 2.55. The molecule has 1 atom stereocenters. The van der Waals surface area contributed by atoms with E-state index >= 15 is 0 Å². The van der Waals surface area contributed by atoms with Gasteiger partial charge in [0, 0.05) is 23.9 Å². The maximum absolute atomic E-state index is 10.9. The molecule has 0 aromatic heterocycles. The van der Waals surface area contributed by atoms with Crippen LogP contribution in [0.4, 0.5) is 11.4 Å². The zero-order valence-electron chi connectivity index (χ0n) is 12.9. The number of hydrogen-bond donors (Lipinski definition) is 1. The topological polar surface area (TPSA) is 75.7 Å². The van der Waals surface area contributed by atoms with Crippen LogP contribution in [-0.2, 0) is 0 Å². The Balaban J connectivity index is 2.28. The third-order valence-electron chi connectivity index (χ3n) is 3.72. The predicted octanol–water partition coefficient (Wildman–Crippen LogP) is 5.33. The van der Waals surface area contributed by atoms with Crippen LogP contribution in [-0.4, -0.2) is 16.2 Å². The fourth-order valence-electron chi connectivity index (χ4n) is 2.08. The van der Waals surface area contributed by atoms with Crippen LogP contribution in [0.2, 0.25) is 0 Å². The van der Waals surface area contributed by atoms with Gasteiger partial charge in [-0.25, -0.2) is 0 Å². The number of halogens is 1. The molecule has 0 saturated carbocycles. The monoisotopic (exact) mass is 376 g/mol. The summed E-state index contributed by atoms with van der Waals surface area (Å²) in [5.74, 6) is 0.417. The predicted molar refractivity (Wildman–Crippen MR) is 94.9 cm³/mol. The largest absolute Gasteiger partial charge is 0.506 e. The third-order valence-corrected chi connectivity index (χ3v) is 4.32. The molecule has 0 aliphatic carbocycles. The summed E-state index contributed by atoms with van der Waals surface area (Å²) in [5.41, 5.74) is 2.15. The Morgan fingerprint density at radius 1 is 1.35 bits per heavy atom. The van der Waals surface area contributed by atoms with Gasteiger partial charge in [0.15, 0.2) is 0 Å². The molecule has 2 aromatic carbocycles. The molecule has 0 unspecified atom stereocenters. The first-order chi connectivity index (χ1) is 10.9. The summed E-state index contributed by atoms with van der Waals surface area (Å²) in [6, 6.07) is 10.4. The molecule has 0 heterocycles. The van der Waals surface area contributed by atoms with E-state index in [1.54, 1.807) is 0 Å². The van der Waals surface area contributed by atoms with Crippen LogP contribution in [0.1, 0.15) is 37.3 Å². The normalized spacial score (nSPS) is 12.5. The van der Waals surface area contributed by atoms with Gasteiger partial charge in [-0.3, -0.25) is 15.1 Å². The van der Waals surface area contributed by atoms with E-state index in [9.17, 15) is 15.2 Å². The van der Waals surface area contributed by atoms with Crippen molar-refractivity contribution in [1.29, 1.82) is 0 Å². The lowest BCUT2D eigenvalue weighted by molar-refractivity contribution is -0.385. The Kier molecular flexibility index (Phi) is 5.50. The summed E-state index contributed by atoms with van der Waals surface area (Å²) in [5, 5.41) is 20.8. The minimum absolute atomic E-state index is 0.0735. The summed E-state index contributed by atoms with van der Waals surface area (Å²) < 4.78 is 0.264. The van der Waals surface area contributed by atoms with Gasteiger partial charge < -0.3 is 5.11 Å². The maximum atomic E-state index is 10.9. The van der Waals surface area contributed by atoms with Crippen molar-refractivity contribution in [2.75, 3.05) is 0 Å². The summed E-state index contributed by atoms with van der Waals surface area (Å²) in [4.78, 5) is 14.6. The van der Waals surface area contributed by atoms with Crippen molar-refractivity contribution in [3.63, 3.8) is 0 Å². The van der Waals surface area contributed by atoms with Crippen LogP contribution in [0.15, 0.2) is 45.9 Å². The van der Waals surface area contributed by atoms with Crippen LogP contribution < -0.4 is 0 Å². The smallest absolute Gasteiger partial charge is 0.271 e. The molecule has 0 amide bonds. The highest BCUT2D eigenvalue weighted by Gasteiger charge is 2.13. The van der Waals surface area contributed by atoms with Crippen molar-refractivity contribution >= 4 is 33.5 Å². The Labute approximate surface area is 143 Å².